The number of rotatable bonds is 3. The van der Waals surface area contributed by atoms with E-state index in [1.807, 2.05) is 11.8 Å². The Balaban J connectivity index is 1.84. The summed E-state index contributed by atoms with van der Waals surface area (Å²) < 4.78 is 0. The molecule has 1 saturated carbocycles. The Hall–Kier alpha value is 0.0900. The van der Waals surface area contributed by atoms with Crippen LogP contribution >= 0.6 is 11.8 Å². The van der Waals surface area contributed by atoms with E-state index in [9.17, 15) is 0 Å². The lowest BCUT2D eigenvalue weighted by Crippen LogP contribution is -2.07. The van der Waals surface area contributed by atoms with Gasteiger partial charge in [0.25, 0.3) is 0 Å². The average Bonchev–Trinajstić information content (AvgIpc) is 2.60. The van der Waals surface area contributed by atoms with Crippen molar-refractivity contribution in [1.82, 2.24) is 0 Å². The number of thioether (sulfide) groups is 1. The monoisotopic (exact) mass is 168 g/mol. The molecule has 3 unspecified atom stereocenters. The van der Waals surface area contributed by atoms with Crippen molar-refractivity contribution in [2.75, 3.05) is 12.0 Å². The number of fused-ring (bicyclic) bond motifs is 2. The van der Waals surface area contributed by atoms with Gasteiger partial charge in [-0.3, -0.25) is 0 Å². The fraction of sp³-hybridized carbons (Fsp3) is 0.800. The first kappa shape index (κ1) is 7.72. The lowest BCUT2D eigenvalue weighted by atomic mass is 9.91. The van der Waals surface area contributed by atoms with Crippen molar-refractivity contribution >= 4 is 11.8 Å². The molecule has 3 atom stereocenters. The highest BCUT2D eigenvalue weighted by atomic mass is 32.2. The van der Waals surface area contributed by atoms with Crippen LogP contribution in [0.1, 0.15) is 19.3 Å². The average molecular weight is 168 g/mol. The summed E-state index contributed by atoms with van der Waals surface area (Å²) in [5.74, 6) is 4.33. The van der Waals surface area contributed by atoms with E-state index in [0.717, 1.165) is 17.8 Å². The Morgan fingerprint density at radius 1 is 1.36 bits per heavy atom. The SMILES string of the molecule is CSCCC1CC2C=CC1C2. The highest BCUT2D eigenvalue weighted by molar-refractivity contribution is 7.98. The zero-order chi connectivity index (χ0) is 7.68. The Morgan fingerprint density at radius 3 is 2.82 bits per heavy atom. The third-order valence-electron chi connectivity index (χ3n) is 3.11. The van der Waals surface area contributed by atoms with Crippen molar-refractivity contribution < 1.29 is 0 Å². The third-order valence-corrected chi connectivity index (χ3v) is 3.75. The summed E-state index contributed by atoms with van der Waals surface area (Å²) >= 11 is 1.99. The molecule has 0 nitrogen and oxygen atoms in total. The van der Waals surface area contributed by atoms with Crippen LogP contribution in [0.15, 0.2) is 12.2 Å². The van der Waals surface area contributed by atoms with Crippen LogP contribution in [0.5, 0.6) is 0 Å². The molecule has 0 aromatic carbocycles. The second-order valence-corrected chi connectivity index (χ2v) is 4.81. The summed E-state index contributed by atoms with van der Waals surface area (Å²) in [6.45, 7) is 0. The van der Waals surface area contributed by atoms with Crippen LogP contribution in [0, 0.1) is 17.8 Å². The maximum atomic E-state index is 2.46. The molecular formula is C10H16S. The van der Waals surface area contributed by atoms with E-state index in [1.165, 1.54) is 25.0 Å². The van der Waals surface area contributed by atoms with Crippen LogP contribution in [0.25, 0.3) is 0 Å². The standard InChI is InChI=1S/C10H16S/c1-11-5-4-10-7-8-2-3-9(10)6-8/h2-3,8-10H,4-7H2,1H3. The van der Waals surface area contributed by atoms with Crippen LogP contribution in [-0.4, -0.2) is 12.0 Å². The second kappa shape index (κ2) is 3.22. The van der Waals surface area contributed by atoms with Crippen LogP contribution in [0.4, 0.5) is 0 Å². The predicted molar refractivity (Wildman–Crippen MR) is 51.8 cm³/mol. The van der Waals surface area contributed by atoms with E-state index >= 15 is 0 Å². The fourth-order valence-electron chi connectivity index (χ4n) is 2.50. The summed E-state index contributed by atoms with van der Waals surface area (Å²) in [4.78, 5) is 0. The summed E-state index contributed by atoms with van der Waals surface area (Å²) in [7, 11) is 0. The molecule has 0 aromatic rings. The summed E-state index contributed by atoms with van der Waals surface area (Å²) in [5.41, 5.74) is 0. The second-order valence-electron chi connectivity index (χ2n) is 3.82. The fourth-order valence-corrected chi connectivity index (χ4v) is 3.03. The summed E-state index contributed by atoms with van der Waals surface area (Å²) in [6.07, 6.45) is 11.5. The van der Waals surface area contributed by atoms with E-state index in [0.29, 0.717) is 0 Å². The zero-order valence-corrected chi connectivity index (χ0v) is 7.94. The highest BCUT2D eigenvalue weighted by Crippen LogP contribution is 2.45. The van der Waals surface area contributed by atoms with Gasteiger partial charge in [-0.25, -0.2) is 0 Å². The van der Waals surface area contributed by atoms with Crippen molar-refractivity contribution in [2.45, 2.75) is 19.3 Å². The number of hydrogen-bond acceptors (Lipinski definition) is 1. The smallest absolute Gasteiger partial charge is 0.00675 e. The van der Waals surface area contributed by atoms with Gasteiger partial charge in [0.1, 0.15) is 0 Å². The van der Waals surface area contributed by atoms with Gasteiger partial charge in [0, 0.05) is 0 Å². The minimum absolute atomic E-state index is 0.965. The minimum atomic E-state index is 0.965. The molecule has 11 heavy (non-hydrogen) atoms. The maximum Gasteiger partial charge on any atom is -0.00675 e. The van der Waals surface area contributed by atoms with Crippen LogP contribution in [0.3, 0.4) is 0 Å². The molecule has 0 aliphatic heterocycles. The van der Waals surface area contributed by atoms with Gasteiger partial charge in [0.15, 0.2) is 0 Å². The molecule has 62 valence electrons. The summed E-state index contributed by atoms with van der Waals surface area (Å²) in [6, 6.07) is 0. The minimum Gasteiger partial charge on any atom is -0.165 e. The van der Waals surface area contributed by atoms with Crippen molar-refractivity contribution in [2.24, 2.45) is 17.8 Å². The molecule has 1 heteroatoms. The molecule has 0 N–H and O–H groups in total. The number of hydrogen-bond donors (Lipinski definition) is 0. The topological polar surface area (TPSA) is 0 Å². The van der Waals surface area contributed by atoms with E-state index in [1.54, 1.807) is 0 Å². The molecule has 0 radical (unpaired) electrons. The van der Waals surface area contributed by atoms with E-state index in [2.05, 4.69) is 18.4 Å². The largest absolute Gasteiger partial charge is 0.165 e. The van der Waals surface area contributed by atoms with Crippen molar-refractivity contribution in [1.29, 1.82) is 0 Å². The molecule has 2 aliphatic carbocycles. The van der Waals surface area contributed by atoms with E-state index in [-0.39, 0.29) is 0 Å². The van der Waals surface area contributed by atoms with Gasteiger partial charge in [0.2, 0.25) is 0 Å². The van der Waals surface area contributed by atoms with Crippen LogP contribution in [-0.2, 0) is 0 Å². The van der Waals surface area contributed by atoms with Crippen molar-refractivity contribution in [3.63, 3.8) is 0 Å². The Bertz CT molecular complexity index is 162. The molecule has 0 aromatic heterocycles. The molecule has 1 fully saturated rings. The summed E-state index contributed by atoms with van der Waals surface area (Å²) in [5, 5.41) is 0. The maximum absolute atomic E-state index is 2.46. The van der Waals surface area contributed by atoms with Gasteiger partial charge in [-0.15, -0.1) is 0 Å². The Kier molecular flexibility index (Phi) is 2.26. The Morgan fingerprint density at radius 2 is 2.27 bits per heavy atom. The Labute approximate surface area is 73.4 Å². The molecule has 0 heterocycles. The van der Waals surface area contributed by atoms with Gasteiger partial charge in [-0.1, -0.05) is 12.2 Å². The van der Waals surface area contributed by atoms with Gasteiger partial charge >= 0.3 is 0 Å². The quantitative estimate of drug-likeness (QED) is 0.584. The molecule has 0 amide bonds. The van der Waals surface area contributed by atoms with Gasteiger partial charge < -0.3 is 0 Å². The first-order valence-corrected chi connectivity index (χ1v) is 5.97. The first-order valence-electron chi connectivity index (χ1n) is 4.57. The molecule has 0 spiro atoms. The van der Waals surface area contributed by atoms with Crippen molar-refractivity contribution in [3.05, 3.63) is 12.2 Å². The van der Waals surface area contributed by atoms with E-state index < -0.39 is 0 Å². The van der Waals surface area contributed by atoms with Crippen LogP contribution < -0.4 is 0 Å². The molecule has 0 saturated heterocycles. The van der Waals surface area contributed by atoms with Crippen LogP contribution in [0.2, 0.25) is 0 Å². The van der Waals surface area contributed by atoms with E-state index in [4.69, 9.17) is 0 Å². The molecule has 2 bridgehead atoms. The number of allylic oxidation sites excluding steroid dienone is 2. The van der Waals surface area contributed by atoms with Gasteiger partial charge in [-0.2, -0.15) is 11.8 Å². The molecule has 2 rings (SSSR count). The van der Waals surface area contributed by atoms with Gasteiger partial charge in [0.05, 0.1) is 0 Å². The highest BCUT2D eigenvalue weighted by Gasteiger charge is 2.34. The zero-order valence-electron chi connectivity index (χ0n) is 7.12. The normalized spacial score (nSPS) is 40.3. The van der Waals surface area contributed by atoms with Crippen molar-refractivity contribution in [3.8, 4) is 0 Å². The molecular weight excluding hydrogens is 152 g/mol. The third kappa shape index (κ3) is 1.48. The lowest BCUT2D eigenvalue weighted by Gasteiger charge is -2.16. The predicted octanol–water partition coefficient (Wildman–Crippen LogP) is 2.95. The molecule has 2 aliphatic rings. The lowest BCUT2D eigenvalue weighted by molar-refractivity contribution is 0.438. The first-order chi connectivity index (χ1) is 5.40. The van der Waals surface area contributed by atoms with Gasteiger partial charge in [-0.05, 0) is 49.0 Å².